The molecule has 4 saturated heterocycles. The first-order valence-corrected chi connectivity index (χ1v) is 34.6. The van der Waals surface area contributed by atoms with Crippen molar-refractivity contribution in [2.75, 3.05) is 50.9 Å². The van der Waals surface area contributed by atoms with Crippen molar-refractivity contribution in [3.05, 3.63) is 164 Å². The van der Waals surface area contributed by atoms with Crippen LogP contribution in [0.4, 0.5) is 11.4 Å². The van der Waals surface area contributed by atoms with Gasteiger partial charge in [0.15, 0.2) is 11.6 Å². The first-order chi connectivity index (χ1) is 46.1. The summed E-state index contributed by atoms with van der Waals surface area (Å²) >= 11 is 0. The van der Waals surface area contributed by atoms with Crippen LogP contribution in [0.1, 0.15) is 157 Å². The van der Waals surface area contributed by atoms with Crippen molar-refractivity contribution in [1.82, 2.24) is 47.0 Å². The summed E-state index contributed by atoms with van der Waals surface area (Å²) in [6.07, 6.45) is 8.09. The molecule has 0 spiro atoms. The standard InChI is InChI=1S/C74H97N11O10/c1-5-56(75-3)70(91)82-64-51(45-77-44-47-23-12-7-13-24-47)33-35-54-38-40-59(85(54)74(64)95)72(93)81-63(50-29-18-10-19-30-50)60(86)31-20-11-21-41-78-66-67(69(90)68(66)89)79-42-22-32-62(88)80-46-52-34-36-53-37-39-58(84(53)73(94)65(52)83-71(92)57(6-2)76-4)61(87)43-55(48-25-14-8-15-26-48)49-27-16-9-17-28-49/h7-10,12-19,23-30,51-59,63-65,75-79H,5-6,11,20-22,31-46H2,1-4H3,(H,80,88)(H,81,93)(H,82,91)(H,83,92)/t51-,52-,53+,54+,56+,57+,58+,59+,63+,64+,65+/m1/s1. The van der Waals surface area contributed by atoms with E-state index in [9.17, 15) is 47.9 Å². The molecule has 508 valence electrons. The molecule has 9 rings (SSSR count). The van der Waals surface area contributed by atoms with Crippen molar-refractivity contribution in [3.63, 3.8) is 0 Å². The quantitative estimate of drug-likeness (QED) is 0.0164. The van der Waals surface area contributed by atoms with E-state index >= 15 is 0 Å². The monoisotopic (exact) mass is 1300 g/mol. The Morgan fingerprint density at radius 2 is 0.989 bits per heavy atom. The van der Waals surface area contributed by atoms with Gasteiger partial charge in [0, 0.05) is 81.8 Å². The van der Waals surface area contributed by atoms with Gasteiger partial charge in [-0.15, -0.1) is 0 Å². The number of carbonyl (C=O) groups is 8. The van der Waals surface area contributed by atoms with Crippen LogP contribution in [-0.2, 0) is 44.9 Å². The van der Waals surface area contributed by atoms with Gasteiger partial charge in [-0.2, -0.15) is 0 Å². The normalized spacial score (nSPS) is 21.9. The number of fused-ring (bicyclic) bond motifs is 2. The smallest absolute Gasteiger partial charge is 0.253 e. The first kappa shape index (κ1) is 70.9. The fourth-order valence-electron chi connectivity index (χ4n) is 14.6. The number of likely N-dealkylation sites (N-methyl/N-ethyl adjacent to an activating group) is 2. The van der Waals surface area contributed by atoms with Gasteiger partial charge in [-0.05, 0) is 120 Å². The van der Waals surface area contributed by atoms with Crippen molar-refractivity contribution in [2.45, 2.75) is 190 Å². The van der Waals surface area contributed by atoms with E-state index in [4.69, 9.17) is 0 Å². The molecule has 5 aromatic carbocycles. The topological polar surface area (TPSA) is 285 Å². The Kier molecular flexibility index (Phi) is 26.0. The lowest BCUT2D eigenvalue weighted by molar-refractivity contribution is -0.144. The SMILES string of the molecule is CC[C@H](NC)C(=O)N[C@@H]1C(=O)N2[C@@H](CC[C@@H]1CNC(=O)CCCNc1c(NCCCCCC(=O)[C@@H](NC(=O)[C@@H]3CC[C@@H]4CC[C@H](CNCc5ccccc5)[C@H](NC(=O)[C@H](CC)NC)C(=O)N43)c3ccccc3)c(=O)c1=O)CC[C@H]2C(=O)CC(c1ccccc1)c1ccccc1. The number of nitrogens with one attached hydrogen (secondary N) is 9. The Bertz CT molecular complexity index is 3410. The van der Waals surface area contributed by atoms with Crippen LogP contribution in [0.15, 0.2) is 131 Å². The van der Waals surface area contributed by atoms with E-state index < -0.39 is 65.0 Å². The largest absolute Gasteiger partial charge is 0.380 e. The molecule has 0 aromatic heterocycles. The molecular weight excluding hydrogens is 1200 g/mol. The zero-order valence-electron chi connectivity index (χ0n) is 55.5. The lowest BCUT2D eigenvalue weighted by Gasteiger charge is -2.33. The van der Waals surface area contributed by atoms with Crippen molar-refractivity contribution in [3.8, 4) is 0 Å². The molecule has 21 nitrogen and oxygen atoms in total. The Labute approximate surface area is 557 Å². The molecular formula is C74H97N11O10. The summed E-state index contributed by atoms with van der Waals surface area (Å²) in [7, 11) is 3.40. The summed E-state index contributed by atoms with van der Waals surface area (Å²) in [4.78, 5) is 142. The highest BCUT2D eigenvalue weighted by molar-refractivity contribution is 5.97. The third kappa shape index (κ3) is 17.9. The van der Waals surface area contributed by atoms with Crippen LogP contribution in [0.5, 0.6) is 0 Å². The van der Waals surface area contributed by atoms with Crippen molar-refractivity contribution < 1.29 is 38.4 Å². The highest BCUT2D eigenvalue weighted by Crippen LogP contribution is 2.38. The lowest BCUT2D eigenvalue weighted by atomic mass is 9.85. The number of anilines is 2. The van der Waals surface area contributed by atoms with Crippen LogP contribution in [0.25, 0.3) is 0 Å². The summed E-state index contributed by atoms with van der Waals surface area (Å²) < 4.78 is 0. The number of ketones is 2. The Morgan fingerprint density at radius 1 is 0.516 bits per heavy atom. The predicted molar refractivity (Wildman–Crippen MR) is 367 cm³/mol. The number of nitrogens with zero attached hydrogens (tertiary/aromatic N) is 2. The minimum Gasteiger partial charge on any atom is -0.380 e. The van der Waals surface area contributed by atoms with Gasteiger partial charge < -0.3 is 57.7 Å². The third-order valence-corrected chi connectivity index (χ3v) is 20.0. The number of rotatable bonds is 35. The van der Waals surface area contributed by atoms with Crippen LogP contribution in [-0.4, -0.2) is 145 Å². The summed E-state index contributed by atoms with van der Waals surface area (Å²) in [6, 6.07) is 33.1. The van der Waals surface area contributed by atoms with Crippen molar-refractivity contribution >= 4 is 58.4 Å². The van der Waals surface area contributed by atoms with E-state index in [1.54, 1.807) is 36.0 Å². The average molecular weight is 1300 g/mol. The molecule has 5 aromatic rings. The minimum atomic E-state index is -0.979. The maximum absolute atomic E-state index is 14.9. The fourth-order valence-corrected chi connectivity index (χ4v) is 14.6. The van der Waals surface area contributed by atoms with E-state index in [0.29, 0.717) is 115 Å². The summed E-state index contributed by atoms with van der Waals surface area (Å²) in [5.41, 5.74) is 2.75. The van der Waals surface area contributed by atoms with Crippen LogP contribution in [0.3, 0.4) is 0 Å². The maximum atomic E-state index is 14.9. The fraction of sp³-hybridized carbons (Fsp3) is 0.514. The van der Waals surface area contributed by atoms with Crippen LogP contribution in [0.2, 0.25) is 0 Å². The van der Waals surface area contributed by atoms with Crippen LogP contribution >= 0.6 is 0 Å². The van der Waals surface area contributed by atoms with Gasteiger partial charge in [0.1, 0.15) is 35.5 Å². The number of Topliss-reactive ketones (excluding diaryl/α,β-unsaturated/α-hetero) is 2. The summed E-state index contributed by atoms with van der Waals surface area (Å²) in [5.74, 6) is -3.02. The molecule has 6 amide bonds. The Hall–Kier alpha value is -8.40. The molecule has 4 aliphatic heterocycles. The van der Waals surface area contributed by atoms with Gasteiger partial charge in [-0.25, -0.2) is 0 Å². The van der Waals surface area contributed by atoms with E-state index in [0.717, 1.165) is 16.7 Å². The van der Waals surface area contributed by atoms with Crippen LogP contribution < -0.4 is 58.7 Å². The number of hydrogen-bond acceptors (Lipinski definition) is 15. The van der Waals surface area contributed by atoms with E-state index in [2.05, 4.69) is 47.9 Å². The maximum Gasteiger partial charge on any atom is 0.253 e. The van der Waals surface area contributed by atoms with Gasteiger partial charge in [-0.1, -0.05) is 142 Å². The second-order valence-electron chi connectivity index (χ2n) is 26.1. The molecule has 4 aliphatic rings. The molecule has 0 radical (unpaired) electrons. The van der Waals surface area contributed by atoms with Gasteiger partial charge in [0.2, 0.25) is 35.4 Å². The van der Waals surface area contributed by atoms with E-state index in [1.807, 2.05) is 123 Å². The van der Waals surface area contributed by atoms with Gasteiger partial charge in [0.05, 0.1) is 18.1 Å². The zero-order valence-corrected chi connectivity index (χ0v) is 55.5. The molecule has 4 heterocycles. The molecule has 9 N–H and O–H groups in total. The lowest BCUT2D eigenvalue weighted by Crippen LogP contribution is -2.59. The third-order valence-electron chi connectivity index (χ3n) is 20.0. The van der Waals surface area contributed by atoms with Crippen molar-refractivity contribution in [1.29, 1.82) is 0 Å². The molecule has 95 heavy (non-hydrogen) atoms. The molecule has 0 aliphatic carbocycles. The molecule has 11 atom stereocenters. The van der Waals surface area contributed by atoms with Gasteiger partial charge >= 0.3 is 0 Å². The summed E-state index contributed by atoms with van der Waals surface area (Å²) in [6.45, 7) is 5.54. The number of benzene rings is 4. The highest BCUT2D eigenvalue weighted by atomic mass is 16.2. The van der Waals surface area contributed by atoms with Gasteiger partial charge in [0.25, 0.3) is 10.9 Å². The Morgan fingerprint density at radius 3 is 1.52 bits per heavy atom. The minimum absolute atomic E-state index is 0.0297. The zero-order chi connectivity index (χ0) is 67.4. The molecule has 0 saturated carbocycles. The van der Waals surface area contributed by atoms with Crippen LogP contribution in [0, 0.1) is 11.8 Å². The van der Waals surface area contributed by atoms with E-state index in [-0.39, 0.29) is 109 Å². The second-order valence-corrected chi connectivity index (χ2v) is 26.1. The van der Waals surface area contributed by atoms with Crippen molar-refractivity contribution in [2.24, 2.45) is 11.8 Å². The number of amides is 6. The molecule has 4 fully saturated rings. The highest BCUT2D eigenvalue weighted by Gasteiger charge is 2.50. The second kappa shape index (κ2) is 34.8. The summed E-state index contributed by atoms with van der Waals surface area (Å²) in [5, 5.41) is 27.9. The predicted octanol–water partition coefficient (Wildman–Crippen LogP) is 6.08. The molecule has 0 bridgehead atoms. The average Bonchev–Trinajstić information content (AvgIpc) is 1.64. The van der Waals surface area contributed by atoms with E-state index in [1.165, 1.54) is 0 Å². The number of hydrogen-bond donors (Lipinski definition) is 9. The number of carbonyl (C=O) groups excluding carboxylic acids is 8. The molecule has 21 heteroatoms. The first-order valence-electron chi connectivity index (χ1n) is 34.6. The Balaban J connectivity index is 0.736. The molecule has 0 unspecified atom stereocenters. The van der Waals surface area contributed by atoms with Gasteiger partial charge in [-0.3, -0.25) is 47.9 Å². The number of unbranched alkanes of at least 4 members (excludes halogenated alkanes) is 2.